The van der Waals surface area contributed by atoms with Gasteiger partial charge in [0.15, 0.2) is 5.89 Å². The highest BCUT2D eigenvalue weighted by molar-refractivity contribution is 5.58. The lowest BCUT2D eigenvalue weighted by Gasteiger charge is -2.08. The molecule has 1 heterocycles. The van der Waals surface area contributed by atoms with E-state index in [9.17, 15) is 13.2 Å². The predicted molar refractivity (Wildman–Crippen MR) is 53.4 cm³/mol. The van der Waals surface area contributed by atoms with Crippen LogP contribution in [0, 0.1) is 6.92 Å². The Hall–Kier alpha value is -1.98. The van der Waals surface area contributed by atoms with E-state index in [0.717, 1.165) is 0 Å². The minimum Gasteiger partial charge on any atom is -0.449 e. The summed E-state index contributed by atoms with van der Waals surface area (Å²) in [5.74, 6) is 0.233. The molecule has 0 N–H and O–H groups in total. The Balaban J connectivity index is 2.19. The fourth-order valence-electron chi connectivity index (χ4n) is 1.32. The average Bonchev–Trinajstić information content (AvgIpc) is 2.63. The molecule has 0 amide bonds. The van der Waals surface area contributed by atoms with Crippen LogP contribution in [0.25, 0.3) is 11.3 Å². The molecule has 0 aliphatic carbocycles. The van der Waals surface area contributed by atoms with Gasteiger partial charge in [0.1, 0.15) is 17.7 Å². The number of ether oxygens (including phenoxy) is 1. The first kappa shape index (κ1) is 11.5. The molecule has 0 atom stereocenters. The van der Waals surface area contributed by atoms with Crippen molar-refractivity contribution in [3.8, 4) is 17.0 Å². The summed E-state index contributed by atoms with van der Waals surface area (Å²) in [5, 5.41) is 0. The summed E-state index contributed by atoms with van der Waals surface area (Å²) in [4.78, 5) is 4.06. The van der Waals surface area contributed by atoms with Gasteiger partial charge < -0.3 is 9.15 Å². The number of aryl methyl sites for hydroxylation is 1. The van der Waals surface area contributed by atoms with E-state index in [2.05, 4.69) is 9.72 Å². The molecule has 1 aromatic carbocycles. The Labute approximate surface area is 94.8 Å². The Morgan fingerprint density at radius 3 is 2.29 bits per heavy atom. The fourth-order valence-corrected chi connectivity index (χ4v) is 1.32. The van der Waals surface area contributed by atoms with Crippen molar-refractivity contribution in [1.82, 2.24) is 4.98 Å². The van der Waals surface area contributed by atoms with Crippen molar-refractivity contribution in [2.45, 2.75) is 13.3 Å². The lowest BCUT2D eigenvalue weighted by Crippen LogP contribution is -2.16. The minimum atomic E-state index is -4.67. The van der Waals surface area contributed by atoms with Crippen molar-refractivity contribution in [3.05, 3.63) is 36.4 Å². The highest BCUT2D eigenvalue weighted by atomic mass is 19.4. The molecular weight excluding hydrogens is 235 g/mol. The molecule has 3 nitrogen and oxygen atoms in total. The number of aromatic nitrogens is 1. The summed E-state index contributed by atoms with van der Waals surface area (Å²) in [7, 11) is 0. The third-order valence-electron chi connectivity index (χ3n) is 2.00. The van der Waals surface area contributed by atoms with Crippen LogP contribution in [0.2, 0.25) is 0 Å². The topological polar surface area (TPSA) is 35.3 Å². The number of nitrogens with zero attached hydrogens (tertiary/aromatic N) is 1. The molecule has 0 bridgehead atoms. The lowest BCUT2D eigenvalue weighted by molar-refractivity contribution is -0.274. The molecule has 0 spiro atoms. The van der Waals surface area contributed by atoms with Crippen molar-refractivity contribution in [3.63, 3.8) is 0 Å². The van der Waals surface area contributed by atoms with Gasteiger partial charge in [0.05, 0.1) is 0 Å². The molecule has 2 rings (SSSR count). The van der Waals surface area contributed by atoms with Gasteiger partial charge in [-0.2, -0.15) is 0 Å². The first-order valence-corrected chi connectivity index (χ1v) is 4.72. The van der Waals surface area contributed by atoms with Gasteiger partial charge in [0.25, 0.3) is 0 Å². The molecule has 0 saturated carbocycles. The van der Waals surface area contributed by atoms with E-state index in [1.54, 1.807) is 6.92 Å². The summed E-state index contributed by atoms with van der Waals surface area (Å²) < 4.78 is 44.5. The first-order valence-electron chi connectivity index (χ1n) is 4.72. The van der Waals surface area contributed by atoms with Crippen LogP contribution in [0.5, 0.6) is 5.75 Å². The molecule has 6 heteroatoms. The molecule has 0 saturated heterocycles. The molecule has 2 aromatic rings. The second-order valence-electron chi connectivity index (χ2n) is 3.32. The average molecular weight is 243 g/mol. The number of oxazole rings is 1. The van der Waals surface area contributed by atoms with Gasteiger partial charge in [-0.1, -0.05) is 0 Å². The summed E-state index contributed by atoms with van der Waals surface area (Å²) >= 11 is 0. The van der Waals surface area contributed by atoms with Crippen molar-refractivity contribution in [1.29, 1.82) is 0 Å². The molecule has 0 fully saturated rings. The van der Waals surface area contributed by atoms with E-state index >= 15 is 0 Å². The van der Waals surface area contributed by atoms with Gasteiger partial charge in [-0.15, -0.1) is 13.2 Å². The van der Waals surface area contributed by atoms with Crippen molar-refractivity contribution in [2.75, 3.05) is 0 Å². The number of alkyl halides is 3. The Kier molecular flexibility index (Phi) is 2.79. The smallest absolute Gasteiger partial charge is 0.449 e. The summed E-state index contributed by atoms with van der Waals surface area (Å²) in [6, 6.07) is 5.43. The molecule has 17 heavy (non-hydrogen) atoms. The SMILES string of the molecule is Cc1nc(-c2ccc(OC(F)(F)F)cc2)co1. The number of hydrogen-bond donors (Lipinski definition) is 0. The van der Waals surface area contributed by atoms with E-state index in [1.165, 1.54) is 30.5 Å². The van der Waals surface area contributed by atoms with Crippen LogP contribution in [-0.4, -0.2) is 11.3 Å². The predicted octanol–water partition coefficient (Wildman–Crippen LogP) is 3.55. The van der Waals surface area contributed by atoms with Crippen LogP contribution in [0.3, 0.4) is 0 Å². The van der Waals surface area contributed by atoms with E-state index in [0.29, 0.717) is 17.1 Å². The van der Waals surface area contributed by atoms with E-state index in [1.807, 2.05) is 0 Å². The Morgan fingerprint density at radius 1 is 1.18 bits per heavy atom. The normalized spacial score (nSPS) is 11.5. The first-order chi connectivity index (χ1) is 7.94. The molecular formula is C11H8F3NO2. The standard InChI is InChI=1S/C11H8F3NO2/c1-7-15-10(6-16-7)8-2-4-9(5-3-8)17-11(12,13)14/h2-6H,1H3. The maximum atomic E-state index is 11.9. The molecule has 90 valence electrons. The minimum absolute atomic E-state index is 0.263. The number of benzene rings is 1. The zero-order valence-corrected chi connectivity index (χ0v) is 8.78. The van der Waals surface area contributed by atoms with Gasteiger partial charge in [0, 0.05) is 12.5 Å². The molecule has 0 radical (unpaired) electrons. The highest BCUT2D eigenvalue weighted by Crippen LogP contribution is 2.26. The van der Waals surface area contributed by atoms with Gasteiger partial charge in [-0.05, 0) is 24.3 Å². The Morgan fingerprint density at radius 2 is 1.82 bits per heavy atom. The second-order valence-corrected chi connectivity index (χ2v) is 3.32. The van der Waals surface area contributed by atoms with E-state index < -0.39 is 6.36 Å². The van der Waals surface area contributed by atoms with Crippen LogP contribution in [0.1, 0.15) is 5.89 Å². The fraction of sp³-hybridized carbons (Fsp3) is 0.182. The summed E-state index contributed by atoms with van der Waals surface area (Å²) in [6.45, 7) is 1.69. The van der Waals surface area contributed by atoms with E-state index in [4.69, 9.17) is 4.42 Å². The van der Waals surface area contributed by atoms with Crippen LogP contribution in [0.15, 0.2) is 34.9 Å². The van der Waals surface area contributed by atoms with Crippen LogP contribution >= 0.6 is 0 Å². The third kappa shape index (κ3) is 2.99. The molecule has 1 aromatic heterocycles. The monoisotopic (exact) mass is 243 g/mol. The Bertz CT molecular complexity index is 502. The van der Waals surface area contributed by atoms with Crippen LogP contribution in [-0.2, 0) is 0 Å². The molecule has 0 aliphatic rings. The van der Waals surface area contributed by atoms with Gasteiger partial charge in [-0.3, -0.25) is 0 Å². The summed E-state index contributed by atoms with van der Waals surface area (Å²) in [5.41, 5.74) is 1.23. The van der Waals surface area contributed by atoms with Crippen LogP contribution in [0.4, 0.5) is 13.2 Å². The van der Waals surface area contributed by atoms with Crippen LogP contribution < -0.4 is 4.74 Å². The number of hydrogen-bond acceptors (Lipinski definition) is 3. The molecule has 0 aliphatic heterocycles. The van der Waals surface area contributed by atoms with Crippen molar-refractivity contribution >= 4 is 0 Å². The van der Waals surface area contributed by atoms with Crippen molar-refractivity contribution in [2.24, 2.45) is 0 Å². The van der Waals surface area contributed by atoms with Gasteiger partial charge >= 0.3 is 6.36 Å². The van der Waals surface area contributed by atoms with Gasteiger partial charge in [-0.25, -0.2) is 4.98 Å². The third-order valence-corrected chi connectivity index (χ3v) is 2.00. The van der Waals surface area contributed by atoms with Gasteiger partial charge in [0.2, 0.25) is 0 Å². The summed E-state index contributed by atoms with van der Waals surface area (Å²) in [6.07, 6.45) is -3.24. The zero-order valence-electron chi connectivity index (χ0n) is 8.78. The van der Waals surface area contributed by atoms with E-state index in [-0.39, 0.29) is 5.75 Å². The number of rotatable bonds is 2. The quantitative estimate of drug-likeness (QED) is 0.809. The lowest BCUT2D eigenvalue weighted by atomic mass is 10.2. The zero-order chi connectivity index (χ0) is 12.5. The molecule has 0 unspecified atom stereocenters. The van der Waals surface area contributed by atoms with Crippen molar-refractivity contribution < 1.29 is 22.3 Å². The largest absolute Gasteiger partial charge is 0.573 e. The second kappa shape index (κ2) is 4.12. The number of halogens is 3. The maximum Gasteiger partial charge on any atom is 0.573 e. The maximum absolute atomic E-state index is 11.9. The highest BCUT2D eigenvalue weighted by Gasteiger charge is 2.30.